The van der Waals surface area contributed by atoms with Crippen LogP contribution in [-0.2, 0) is 13.8 Å². The number of hydrogen-bond acceptors (Lipinski definition) is 7. The topological polar surface area (TPSA) is 171 Å². The first kappa shape index (κ1) is 19.6. The number of ether oxygens (including phenoxy) is 1. The molecule has 0 spiro atoms. The van der Waals surface area contributed by atoms with Crippen LogP contribution in [0.1, 0.15) is 6.23 Å². The summed E-state index contributed by atoms with van der Waals surface area (Å²) in [6.07, 6.45) is -4.67. The van der Waals surface area contributed by atoms with E-state index in [0.717, 1.165) is 4.57 Å². The minimum atomic E-state index is -4.81. The van der Waals surface area contributed by atoms with Gasteiger partial charge in [0.05, 0.1) is 12.2 Å². The van der Waals surface area contributed by atoms with Gasteiger partial charge in [0.25, 0.3) is 5.56 Å². The van der Waals surface area contributed by atoms with Crippen molar-refractivity contribution in [1.29, 1.82) is 0 Å². The van der Waals surface area contributed by atoms with Gasteiger partial charge < -0.3 is 24.7 Å². The van der Waals surface area contributed by atoms with Gasteiger partial charge in [0, 0.05) is 6.20 Å². The standard InChI is InChI=1S/C15H17N2O9P/c18-11-10(7-25-27(22,23)24)26-14(12(11)19)17-6-9(13(20)16-15(17)21)8-4-2-1-3-5-8/h1-6,10-12,14,18-19H,7H2,(H,16,20,21)(H2,22,23,24)/t10-,11-,12+,14-/m1/s1. The molecule has 0 amide bonds. The lowest BCUT2D eigenvalue weighted by atomic mass is 10.1. The van der Waals surface area contributed by atoms with E-state index in [1.54, 1.807) is 30.3 Å². The zero-order valence-electron chi connectivity index (χ0n) is 13.7. The minimum Gasteiger partial charge on any atom is -0.387 e. The van der Waals surface area contributed by atoms with Gasteiger partial charge in [-0.15, -0.1) is 0 Å². The van der Waals surface area contributed by atoms with Crippen molar-refractivity contribution in [3.63, 3.8) is 0 Å². The van der Waals surface area contributed by atoms with E-state index in [1.807, 2.05) is 0 Å². The van der Waals surface area contributed by atoms with E-state index >= 15 is 0 Å². The fraction of sp³-hybridized carbons (Fsp3) is 0.333. The smallest absolute Gasteiger partial charge is 0.387 e. The van der Waals surface area contributed by atoms with Gasteiger partial charge in [0.15, 0.2) is 6.23 Å². The Balaban J connectivity index is 1.93. The second kappa shape index (κ2) is 7.49. The van der Waals surface area contributed by atoms with E-state index in [-0.39, 0.29) is 5.56 Å². The van der Waals surface area contributed by atoms with Crippen molar-refractivity contribution in [1.82, 2.24) is 9.55 Å². The first-order valence-corrected chi connectivity index (χ1v) is 9.33. The molecule has 0 unspecified atom stereocenters. The Morgan fingerprint density at radius 3 is 2.44 bits per heavy atom. The Labute approximate surface area is 151 Å². The molecule has 0 radical (unpaired) electrons. The summed E-state index contributed by atoms with van der Waals surface area (Å²) in [6.45, 7) is -0.706. The molecule has 146 valence electrons. The number of rotatable bonds is 5. The summed E-state index contributed by atoms with van der Waals surface area (Å²) in [5.41, 5.74) is -0.873. The number of H-pyrrole nitrogens is 1. The number of benzene rings is 1. The maximum absolute atomic E-state index is 12.2. The van der Waals surface area contributed by atoms with Crippen LogP contribution < -0.4 is 11.2 Å². The zero-order valence-corrected chi connectivity index (χ0v) is 14.6. The highest BCUT2D eigenvalue weighted by atomic mass is 31.2. The van der Waals surface area contributed by atoms with Gasteiger partial charge in [-0.2, -0.15) is 0 Å². The van der Waals surface area contributed by atoms with Crippen LogP contribution in [0.4, 0.5) is 0 Å². The summed E-state index contributed by atoms with van der Waals surface area (Å²) >= 11 is 0. The van der Waals surface area contributed by atoms with E-state index in [4.69, 9.17) is 14.5 Å². The van der Waals surface area contributed by atoms with Gasteiger partial charge in [-0.25, -0.2) is 9.36 Å². The number of aliphatic hydroxyl groups excluding tert-OH is 2. The number of nitrogens with zero attached hydrogens (tertiary/aromatic N) is 1. The van der Waals surface area contributed by atoms with Gasteiger partial charge in [-0.3, -0.25) is 18.9 Å². The van der Waals surface area contributed by atoms with E-state index < -0.39 is 50.2 Å². The highest BCUT2D eigenvalue weighted by Gasteiger charge is 2.45. The largest absolute Gasteiger partial charge is 0.469 e. The summed E-state index contributed by atoms with van der Waals surface area (Å²) in [5, 5.41) is 20.2. The molecule has 0 saturated carbocycles. The Bertz CT molecular complexity index is 967. The van der Waals surface area contributed by atoms with Gasteiger partial charge in [0.1, 0.15) is 18.3 Å². The summed E-state index contributed by atoms with van der Waals surface area (Å²) in [7, 11) is -4.81. The predicted octanol–water partition coefficient (Wildman–Crippen LogP) is -1.07. The quantitative estimate of drug-likeness (QED) is 0.392. The molecule has 4 atom stereocenters. The molecular formula is C15H17N2O9P. The number of hydrogen-bond donors (Lipinski definition) is 5. The van der Waals surface area contributed by atoms with Gasteiger partial charge in [-0.05, 0) is 5.56 Å². The summed E-state index contributed by atoms with van der Waals surface area (Å²) in [6, 6.07) is 8.45. The fourth-order valence-corrected chi connectivity index (χ4v) is 3.11. The molecule has 1 aliphatic heterocycles. The number of phosphoric acid groups is 1. The van der Waals surface area contributed by atoms with Crippen LogP contribution >= 0.6 is 7.82 Å². The molecular weight excluding hydrogens is 383 g/mol. The Kier molecular flexibility index (Phi) is 5.45. The third-order valence-electron chi connectivity index (χ3n) is 4.07. The van der Waals surface area contributed by atoms with Crippen molar-refractivity contribution >= 4 is 7.82 Å². The number of phosphoric ester groups is 1. The number of aromatic amines is 1. The van der Waals surface area contributed by atoms with E-state index in [2.05, 4.69) is 9.51 Å². The molecule has 3 rings (SSSR count). The van der Waals surface area contributed by atoms with Crippen molar-refractivity contribution in [3.05, 3.63) is 57.4 Å². The average Bonchev–Trinajstić information content (AvgIpc) is 2.88. The Morgan fingerprint density at radius 1 is 1.15 bits per heavy atom. The number of aliphatic hydroxyl groups is 2. The third kappa shape index (κ3) is 4.25. The van der Waals surface area contributed by atoms with Crippen molar-refractivity contribution in [2.45, 2.75) is 24.5 Å². The van der Waals surface area contributed by atoms with Gasteiger partial charge >= 0.3 is 13.5 Å². The normalized spacial score (nSPS) is 25.6. The van der Waals surface area contributed by atoms with E-state index in [9.17, 15) is 24.4 Å². The molecule has 0 aliphatic carbocycles. The summed E-state index contributed by atoms with van der Waals surface area (Å²) < 4.78 is 21.3. The third-order valence-corrected chi connectivity index (χ3v) is 4.56. The monoisotopic (exact) mass is 400 g/mol. The molecule has 11 nitrogen and oxygen atoms in total. The van der Waals surface area contributed by atoms with Crippen molar-refractivity contribution in [2.75, 3.05) is 6.61 Å². The van der Waals surface area contributed by atoms with Crippen LogP contribution in [0.15, 0.2) is 46.1 Å². The van der Waals surface area contributed by atoms with Gasteiger partial charge in [0.2, 0.25) is 0 Å². The Morgan fingerprint density at radius 2 is 1.81 bits per heavy atom. The molecule has 1 aromatic heterocycles. The SMILES string of the molecule is O=c1[nH]c(=O)n([C@@H]2O[C@H](COP(=O)(O)O)[C@@H](O)[C@@H]2O)cc1-c1ccccc1. The number of aromatic nitrogens is 2. The second-order valence-corrected chi connectivity index (χ2v) is 7.15. The van der Waals surface area contributed by atoms with Crippen molar-refractivity contribution in [2.24, 2.45) is 0 Å². The lowest BCUT2D eigenvalue weighted by Crippen LogP contribution is -2.38. The van der Waals surface area contributed by atoms with Gasteiger partial charge in [-0.1, -0.05) is 30.3 Å². The molecule has 27 heavy (non-hydrogen) atoms. The van der Waals surface area contributed by atoms with Crippen LogP contribution in [0.5, 0.6) is 0 Å². The molecule has 1 fully saturated rings. The van der Waals surface area contributed by atoms with Crippen LogP contribution in [0.2, 0.25) is 0 Å². The Hall–Kier alpha value is -2.11. The molecule has 0 bridgehead atoms. The lowest BCUT2D eigenvalue weighted by Gasteiger charge is -2.18. The zero-order chi connectivity index (χ0) is 19.8. The van der Waals surface area contributed by atoms with Crippen LogP contribution in [0, 0.1) is 0 Å². The first-order chi connectivity index (χ1) is 12.7. The van der Waals surface area contributed by atoms with Crippen LogP contribution in [0.3, 0.4) is 0 Å². The van der Waals surface area contributed by atoms with E-state index in [0.29, 0.717) is 5.56 Å². The molecule has 1 saturated heterocycles. The average molecular weight is 400 g/mol. The highest BCUT2D eigenvalue weighted by molar-refractivity contribution is 7.46. The minimum absolute atomic E-state index is 0.135. The van der Waals surface area contributed by atoms with Crippen molar-refractivity contribution < 1.29 is 33.8 Å². The summed E-state index contributed by atoms with van der Waals surface area (Å²) in [5.74, 6) is 0. The number of nitrogens with one attached hydrogen (secondary N) is 1. The molecule has 2 aromatic rings. The first-order valence-electron chi connectivity index (χ1n) is 7.80. The predicted molar refractivity (Wildman–Crippen MR) is 90.7 cm³/mol. The molecule has 1 aliphatic rings. The molecule has 2 heterocycles. The molecule has 1 aromatic carbocycles. The maximum Gasteiger partial charge on any atom is 0.469 e. The fourth-order valence-electron chi connectivity index (χ4n) is 2.76. The molecule has 5 N–H and O–H groups in total. The summed E-state index contributed by atoms with van der Waals surface area (Å²) in [4.78, 5) is 43.9. The van der Waals surface area contributed by atoms with Crippen LogP contribution in [0.25, 0.3) is 11.1 Å². The molecule has 12 heteroatoms. The second-order valence-electron chi connectivity index (χ2n) is 5.91. The highest BCUT2D eigenvalue weighted by Crippen LogP contribution is 2.38. The van der Waals surface area contributed by atoms with Crippen LogP contribution in [-0.4, -0.2) is 54.5 Å². The maximum atomic E-state index is 12.2. The van der Waals surface area contributed by atoms with Crippen molar-refractivity contribution in [3.8, 4) is 11.1 Å². The van der Waals surface area contributed by atoms with E-state index in [1.165, 1.54) is 6.20 Å². The lowest BCUT2D eigenvalue weighted by molar-refractivity contribution is -0.0542.